The SMILES string of the molecule is CC(NC(=O)CCN1C(=O)COc2ccccc21)c1ccc2c(c1)CCCC2. The van der Waals surface area contributed by atoms with Gasteiger partial charge in [0, 0.05) is 13.0 Å². The van der Waals surface area contributed by atoms with E-state index in [2.05, 4.69) is 23.5 Å². The third-order valence-corrected chi connectivity index (χ3v) is 5.62. The first-order chi connectivity index (χ1) is 13.6. The zero-order valence-electron chi connectivity index (χ0n) is 16.2. The maximum atomic E-state index is 12.5. The smallest absolute Gasteiger partial charge is 0.265 e. The van der Waals surface area contributed by atoms with Crippen LogP contribution in [0.25, 0.3) is 0 Å². The fourth-order valence-corrected chi connectivity index (χ4v) is 4.03. The zero-order valence-corrected chi connectivity index (χ0v) is 16.2. The summed E-state index contributed by atoms with van der Waals surface area (Å²) in [6.07, 6.45) is 5.05. The molecule has 1 heterocycles. The van der Waals surface area contributed by atoms with E-state index in [9.17, 15) is 9.59 Å². The number of ether oxygens (including phenoxy) is 1. The van der Waals surface area contributed by atoms with Gasteiger partial charge >= 0.3 is 0 Å². The van der Waals surface area contributed by atoms with Gasteiger partial charge in [-0.15, -0.1) is 0 Å². The number of nitrogens with one attached hydrogen (secondary N) is 1. The number of hydrogen-bond acceptors (Lipinski definition) is 3. The summed E-state index contributed by atoms with van der Waals surface area (Å²) < 4.78 is 5.45. The highest BCUT2D eigenvalue weighted by Gasteiger charge is 2.25. The second-order valence-corrected chi connectivity index (χ2v) is 7.58. The molecule has 1 unspecified atom stereocenters. The number of fused-ring (bicyclic) bond motifs is 2. The van der Waals surface area contributed by atoms with Crippen LogP contribution < -0.4 is 15.0 Å². The van der Waals surface area contributed by atoms with Gasteiger partial charge in [0.15, 0.2) is 6.61 Å². The number of hydrogen-bond donors (Lipinski definition) is 1. The average Bonchev–Trinajstić information content (AvgIpc) is 2.72. The predicted molar refractivity (Wildman–Crippen MR) is 109 cm³/mol. The molecule has 1 aliphatic heterocycles. The molecule has 146 valence electrons. The van der Waals surface area contributed by atoms with E-state index in [0.717, 1.165) is 24.1 Å². The summed E-state index contributed by atoms with van der Waals surface area (Å²) in [4.78, 5) is 26.4. The topological polar surface area (TPSA) is 58.6 Å². The summed E-state index contributed by atoms with van der Waals surface area (Å²) in [5.74, 6) is 0.515. The molecule has 5 heteroatoms. The largest absolute Gasteiger partial charge is 0.482 e. The number of benzene rings is 2. The van der Waals surface area contributed by atoms with E-state index < -0.39 is 0 Å². The number of carbonyl (C=O) groups excluding carboxylic acids is 2. The van der Waals surface area contributed by atoms with E-state index in [1.54, 1.807) is 4.90 Å². The Kier molecular flexibility index (Phi) is 5.33. The molecular weight excluding hydrogens is 352 g/mol. The van der Waals surface area contributed by atoms with Crippen molar-refractivity contribution in [2.24, 2.45) is 0 Å². The van der Waals surface area contributed by atoms with Gasteiger partial charge in [-0.3, -0.25) is 9.59 Å². The molecule has 2 aliphatic rings. The highest BCUT2D eigenvalue weighted by atomic mass is 16.5. The highest BCUT2D eigenvalue weighted by Crippen LogP contribution is 2.31. The van der Waals surface area contributed by atoms with Crippen LogP contribution in [0.2, 0.25) is 0 Å². The van der Waals surface area contributed by atoms with Gasteiger partial charge in [-0.1, -0.05) is 30.3 Å². The van der Waals surface area contributed by atoms with E-state index in [-0.39, 0.29) is 30.9 Å². The van der Waals surface area contributed by atoms with Gasteiger partial charge in [0.25, 0.3) is 5.91 Å². The van der Waals surface area contributed by atoms with Crippen molar-refractivity contribution in [2.45, 2.75) is 45.1 Å². The van der Waals surface area contributed by atoms with Crippen LogP contribution in [0.15, 0.2) is 42.5 Å². The number of carbonyl (C=O) groups is 2. The standard InChI is InChI=1S/C23H26N2O3/c1-16(18-11-10-17-6-2-3-7-19(17)14-18)24-22(26)12-13-25-20-8-4-5-9-21(20)28-15-23(25)27/h4-5,8-11,14,16H,2-3,6-7,12-13,15H2,1H3,(H,24,26). The molecule has 1 N–H and O–H groups in total. The van der Waals surface area contributed by atoms with E-state index in [0.29, 0.717) is 12.3 Å². The summed E-state index contributed by atoms with van der Waals surface area (Å²) in [5.41, 5.74) is 4.73. The van der Waals surface area contributed by atoms with Crippen molar-refractivity contribution in [1.82, 2.24) is 5.32 Å². The third-order valence-electron chi connectivity index (χ3n) is 5.62. The fourth-order valence-electron chi connectivity index (χ4n) is 4.03. The Morgan fingerprint density at radius 1 is 1.14 bits per heavy atom. The summed E-state index contributed by atoms with van der Waals surface area (Å²) in [7, 11) is 0. The molecule has 1 aliphatic carbocycles. The van der Waals surface area contributed by atoms with E-state index >= 15 is 0 Å². The maximum absolute atomic E-state index is 12.5. The lowest BCUT2D eigenvalue weighted by molar-refractivity contribution is -0.122. The third kappa shape index (κ3) is 3.88. The van der Waals surface area contributed by atoms with Gasteiger partial charge in [-0.25, -0.2) is 0 Å². The minimum atomic E-state index is -0.116. The molecule has 0 saturated heterocycles. The number of nitrogens with zero attached hydrogens (tertiary/aromatic N) is 1. The molecule has 0 aromatic heterocycles. The van der Waals surface area contributed by atoms with E-state index in [1.807, 2.05) is 31.2 Å². The van der Waals surface area contributed by atoms with Crippen LogP contribution in [0.1, 0.15) is 48.9 Å². The minimum absolute atomic E-state index is 0.0180. The van der Waals surface area contributed by atoms with E-state index in [4.69, 9.17) is 4.74 Å². The first kappa shape index (κ1) is 18.5. The van der Waals surface area contributed by atoms with Crippen LogP contribution in [0, 0.1) is 0 Å². The van der Waals surface area contributed by atoms with Crippen molar-refractivity contribution in [3.05, 3.63) is 59.2 Å². The Morgan fingerprint density at radius 3 is 2.79 bits per heavy atom. The highest BCUT2D eigenvalue weighted by molar-refractivity contribution is 5.98. The van der Waals surface area contributed by atoms with Gasteiger partial charge in [0.1, 0.15) is 5.75 Å². The number of amides is 2. The van der Waals surface area contributed by atoms with Crippen LogP contribution in [0.3, 0.4) is 0 Å². The van der Waals surface area contributed by atoms with Crippen LogP contribution >= 0.6 is 0 Å². The second kappa shape index (κ2) is 8.05. The molecule has 2 aromatic carbocycles. The number of aryl methyl sites for hydroxylation is 2. The summed E-state index contributed by atoms with van der Waals surface area (Å²) in [6.45, 7) is 2.38. The Balaban J connectivity index is 1.36. The Morgan fingerprint density at radius 2 is 1.93 bits per heavy atom. The molecule has 0 radical (unpaired) electrons. The lowest BCUT2D eigenvalue weighted by Gasteiger charge is -2.29. The number of para-hydroxylation sites is 2. The van der Waals surface area contributed by atoms with Crippen molar-refractivity contribution in [3.8, 4) is 5.75 Å². The summed E-state index contributed by atoms with van der Waals surface area (Å²) >= 11 is 0. The first-order valence-electron chi connectivity index (χ1n) is 10.0. The molecule has 0 saturated carbocycles. The lowest BCUT2D eigenvalue weighted by atomic mass is 9.89. The molecule has 0 fully saturated rings. The van der Waals surface area contributed by atoms with Crippen molar-refractivity contribution in [1.29, 1.82) is 0 Å². The number of anilines is 1. The van der Waals surface area contributed by atoms with Crippen molar-refractivity contribution < 1.29 is 14.3 Å². The van der Waals surface area contributed by atoms with Crippen LogP contribution in [-0.4, -0.2) is 25.0 Å². The van der Waals surface area contributed by atoms with Gasteiger partial charge in [-0.05, 0) is 61.4 Å². The molecule has 2 aromatic rings. The number of rotatable bonds is 5. The van der Waals surface area contributed by atoms with Crippen LogP contribution in [0.5, 0.6) is 5.75 Å². The molecule has 0 bridgehead atoms. The van der Waals surface area contributed by atoms with Gasteiger partial charge in [0.05, 0.1) is 11.7 Å². The quantitative estimate of drug-likeness (QED) is 0.865. The molecule has 0 spiro atoms. The monoisotopic (exact) mass is 378 g/mol. The Labute approximate surface area is 165 Å². The Hall–Kier alpha value is -2.82. The Bertz CT molecular complexity index is 893. The van der Waals surface area contributed by atoms with E-state index in [1.165, 1.54) is 24.0 Å². The zero-order chi connectivity index (χ0) is 19.5. The first-order valence-corrected chi connectivity index (χ1v) is 10.0. The van der Waals surface area contributed by atoms with Gasteiger partial charge < -0.3 is 15.0 Å². The molecule has 2 amide bonds. The van der Waals surface area contributed by atoms with Crippen LogP contribution in [0.4, 0.5) is 5.69 Å². The molecule has 1 atom stereocenters. The molecule has 5 nitrogen and oxygen atoms in total. The summed E-state index contributed by atoms with van der Waals surface area (Å²) in [6, 6.07) is 13.9. The fraction of sp³-hybridized carbons (Fsp3) is 0.391. The van der Waals surface area contributed by atoms with Gasteiger partial charge in [-0.2, -0.15) is 0 Å². The van der Waals surface area contributed by atoms with Crippen molar-refractivity contribution in [3.63, 3.8) is 0 Å². The average molecular weight is 378 g/mol. The molecule has 4 rings (SSSR count). The minimum Gasteiger partial charge on any atom is -0.482 e. The summed E-state index contributed by atoms with van der Waals surface area (Å²) in [5, 5.41) is 3.07. The normalized spacial score (nSPS) is 16.6. The molecule has 28 heavy (non-hydrogen) atoms. The van der Waals surface area contributed by atoms with Crippen LogP contribution in [-0.2, 0) is 22.4 Å². The second-order valence-electron chi connectivity index (χ2n) is 7.58. The molecular formula is C23H26N2O3. The van der Waals surface area contributed by atoms with Crippen molar-refractivity contribution in [2.75, 3.05) is 18.1 Å². The maximum Gasteiger partial charge on any atom is 0.265 e. The van der Waals surface area contributed by atoms with Gasteiger partial charge in [0.2, 0.25) is 5.91 Å². The van der Waals surface area contributed by atoms with Crippen molar-refractivity contribution >= 4 is 17.5 Å². The lowest BCUT2D eigenvalue weighted by Crippen LogP contribution is -2.41. The predicted octanol–water partition coefficient (Wildman–Crippen LogP) is 3.56.